The third-order valence-corrected chi connectivity index (χ3v) is 11.8. The van der Waals surface area contributed by atoms with Gasteiger partial charge in [0.2, 0.25) is 15.9 Å². The number of benzene rings is 3. The van der Waals surface area contributed by atoms with Crippen molar-refractivity contribution in [2.24, 2.45) is 17.8 Å². The zero-order valence-corrected chi connectivity index (χ0v) is 31.7. The number of anilines is 2. The number of rotatable bonds is 13. The molecule has 1 atom stereocenters. The Hall–Kier alpha value is -4.55. The Bertz CT molecular complexity index is 1980. The number of aryl methyl sites for hydroxylation is 1. The van der Waals surface area contributed by atoms with E-state index in [2.05, 4.69) is 20.7 Å². The topological polar surface area (TPSA) is 160 Å². The third kappa shape index (κ3) is 10.1. The highest BCUT2D eigenvalue weighted by atomic mass is 32.2. The summed E-state index contributed by atoms with van der Waals surface area (Å²) in [6, 6.07) is 18.2. The Morgan fingerprint density at radius 3 is 2.26 bits per heavy atom. The summed E-state index contributed by atoms with van der Waals surface area (Å²) in [5, 5.41) is 8.91. The fraction of sp³-hybridized carbons (Fsp3) is 0.463. The Morgan fingerprint density at radius 1 is 0.906 bits per heavy atom. The van der Waals surface area contributed by atoms with E-state index in [1.54, 1.807) is 30.3 Å². The highest BCUT2D eigenvalue weighted by Crippen LogP contribution is 2.33. The molecule has 2 aliphatic carbocycles. The van der Waals surface area contributed by atoms with Crippen LogP contribution in [0.15, 0.2) is 65.6 Å². The first kappa shape index (κ1) is 38.2. The molecule has 3 aromatic rings. The Balaban J connectivity index is 1.12. The number of alkyl carbamates (subject to hydrolysis) is 1. The lowest BCUT2D eigenvalue weighted by molar-refractivity contribution is -0.129. The van der Waals surface area contributed by atoms with Crippen molar-refractivity contribution in [3.63, 3.8) is 0 Å². The van der Waals surface area contributed by atoms with Crippen LogP contribution < -0.4 is 20.7 Å². The average Bonchev–Trinajstić information content (AvgIpc) is 3.84. The van der Waals surface area contributed by atoms with Crippen LogP contribution >= 0.6 is 0 Å². The zero-order valence-electron chi connectivity index (χ0n) is 30.9. The third-order valence-electron chi connectivity index (χ3n) is 10.2. The molecule has 1 heterocycles. The molecule has 3 aromatic carbocycles. The van der Waals surface area contributed by atoms with Crippen LogP contribution in [-0.2, 0) is 30.8 Å². The Kier molecular flexibility index (Phi) is 11.4. The number of ketones is 2. The predicted molar refractivity (Wildman–Crippen MR) is 204 cm³/mol. The van der Waals surface area contributed by atoms with E-state index in [0.717, 1.165) is 47.9 Å². The number of carbonyl (C=O) groups excluding carboxylic acids is 4. The maximum atomic E-state index is 13.9. The monoisotopic (exact) mass is 742 g/mol. The summed E-state index contributed by atoms with van der Waals surface area (Å²) in [5.41, 5.74) is 4.80. The number of hydrogen-bond acceptors (Lipinski definition) is 8. The summed E-state index contributed by atoms with van der Waals surface area (Å²) in [6.45, 7) is 8.08. The van der Waals surface area contributed by atoms with Crippen molar-refractivity contribution in [2.75, 3.05) is 23.7 Å². The summed E-state index contributed by atoms with van der Waals surface area (Å²) in [5.74, 6) is -0.740. The van der Waals surface area contributed by atoms with Gasteiger partial charge in [0.25, 0.3) is 0 Å². The van der Waals surface area contributed by atoms with E-state index in [0.29, 0.717) is 42.7 Å². The first-order valence-electron chi connectivity index (χ1n) is 18.6. The molecule has 1 aliphatic heterocycles. The molecule has 11 nitrogen and oxygen atoms in total. The van der Waals surface area contributed by atoms with E-state index in [4.69, 9.17) is 4.74 Å². The van der Waals surface area contributed by atoms with E-state index in [1.807, 2.05) is 58.0 Å². The van der Waals surface area contributed by atoms with Gasteiger partial charge in [0, 0.05) is 47.8 Å². The number of ether oxygens (including phenoxy) is 1. The van der Waals surface area contributed by atoms with Gasteiger partial charge < -0.3 is 20.7 Å². The molecular weight excluding hydrogens is 693 g/mol. The van der Waals surface area contributed by atoms with Gasteiger partial charge in [-0.05, 0) is 131 Å². The van der Waals surface area contributed by atoms with Crippen molar-refractivity contribution in [2.45, 2.75) is 95.6 Å². The van der Waals surface area contributed by atoms with Crippen LogP contribution in [0.2, 0.25) is 0 Å². The first-order chi connectivity index (χ1) is 25.1. The van der Waals surface area contributed by atoms with E-state index < -0.39 is 27.6 Å². The molecule has 2 saturated carbocycles. The molecule has 282 valence electrons. The summed E-state index contributed by atoms with van der Waals surface area (Å²) in [7, 11) is -3.56. The van der Waals surface area contributed by atoms with Gasteiger partial charge in [-0.15, -0.1) is 0 Å². The number of Topliss-reactive ketones (excluding diaryl/α,β-unsaturated/α-hetero) is 2. The van der Waals surface area contributed by atoms with Crippen LogP contribution in [0.3, 0.4) is 0 Å². The van der Waals surface area contributed by atoms with Crippen molar-refractivity contribution >= 4 is 45.0 Å². The minimum Gasteiger partial charge on any atom is -0.444 e. The number of fused-ring (bicyclic) bond motifs is 1. The standard InChI is InChI=1S/C41H50N4O7S/c1-25-19-33(53(50,51)45-31-13-14-31)16-18-34(25)28-9-5-26(6-10-28)20-30(39(48)44-32-15-17-35-36(22-32)42-24-38(35)47)21-37(46)29-11-7-27(8-12-29)23-43-40(49)52-41(2,3)4/h5-6,9-10,15-19,22,27,29-31,42,45H,7-8,11-14,20-21,23-24H2,1-4H3,(H,43,49)(H,44,48)/t27?,29?,30-/m1/s1. The van der Waals surface area contributed by atoms with Gasteiger partial charge in [0.05, 0.1) is 11.4 Å². The lowest BCUT2D eigenvalue weighted by Gasteiger charge is -2.29. The molecule has 0 aromatic heterocycles. The van der Waals surface area contributed by atoms with Gasteiger partial charge in [0.1, 0.15) is 11.4 Å². The molecule has 3 aliphatic rings. The van der Waals surface area contributed by atoms with Crippen LogP contribution in [-0.4, -0.2) is 56.7 Å². The molecule has 4 N–H and O–H groups in total. The summed E-state index contributed by atoms with van der Waals surface area (Å²) in [4.78, 5) is 52.1. The van der Waals surface area contributed by atoms with Gasteiger partial charge in [-0.3, -0.25) is 14.4 Å². The maximum absolute atomic E-state index is 13.9. The Morgan fingerprint density at radius 2 is 1.60 bits per heavy atom. The predicted octanol–water partition coefficient (Wildman–Crippen LogP) is 6.80. The second-order valence-corrected chi connectivity index (χ2v) is 17.5. The minimum atomic E-state index is -3.56. The second kappa shape index (κ2) is 15.8. The van der Waals surface area contributed by atoms with Gasteiger partial charge in [-0.1, -0.05) is 30.3 Å². The van der Waals surface area contributed by atoms with Gasteiger partial charge >= 0.3 is 6.09 Å². The number of nitrogens with one attached hydrogen (secondary N) is 4. The maximum Gasteiger partial charge on any atom is 0.407 e. The lowest BCUT2D eigenvalue weighted by atomic mass is 9.77. The van der Waals surface area contributed by atoms with Crippen molar-refractivity contribution in [3.05, 3.63) is 77.4 Å². The molecule has 53 heavy (non-hydrogen) atoms. The number of hydrogen-bond donors (Lipinski definition) is 4. The fourth-order valence-electron chi connectivity index (χ4n) is 7.14. The first-order valence-corrected chi connectivity index (χ1v) is 20.1. The molecule has 0 radical (unpaired) electrons. The molecule has 12 heteroatoms. The van der Waals surface area contributed by atoms with Crippen molar-refractivity contribution in [1.29, 1.82) is 0 Å². The van der Waals surface area contributed by atoms with Crippen molar-refractivity contribution in [3.8, 4) is 11.1 Å². The Labute approximate surface area is 312 Å². The zero-order chi connectivity index (χ0) is 37.9. The summed E-state index contributed by atoms with van der Waals surface area (Å²) in [6.07, 6.45) is 4.72. The molecule has 0 spiro atoms. The highest BCUT2D eigenvalue weighted by molar-refractivity contribution is 7.89. The summed E-state index contributed by atoms with van der Waals surface area (Å²) >= 11 is 0. The van der Waals surface area contributed by atoms with E-state index in [9.17, 15) is 27.6 Å². The van der Waals surface area contributed by atoms with Crippen molar-refractivity contribution < 1.29 is 32.3 Å². The lowest BCUT2D eigenvalue weighted by Crippen LogP contribution is -2.37. The molecule has 0 saturated heterocycles. The number of sulfonamides is 1. The van der Waals surface area contributed by atoms with Crippen LogP contribution in [0.5, 0.6) is 0 Å². The normalized spacial score (nSPS) is 19.1. The second-order valence-electron chi connectivity index (χ2n) is 15.8. The van der Waals surface area contributed by atoms with Crippen LogP contribution in [0.4, 0.5) is 16.2 Å². The number of carbonyl (C=O) groups is 4. The molecule has 2 amide bonds. The van der Waals surface area contributed by atoms with Gasteiger partial charge in [0.15, 0.2) is 5.78 Å². The quantitative estimate of drug-likeness (QED) is 0.149. The molecule has 0 bridgehead atoms. The van der Waals surface area contributed by atoms with E-state index >= 15 is 0 Å². The minimum absolute atomic E-state index is 0.00175. The smallest absolute Gasteiger partial charge is 0.407 e. The van der Waals surface area contributed by atoms with E-state index in [-0.39, 0.29) is 53.2 Å². The molecule has 6 rings (SSSR count). The number of amides is 2. The summed E-state index contributed by atoms with van der Waals surface area (Å²) < 4.78 is 33.6. The largest absolute Gasteiger partial charge is 0.444 e. The van der Waals surface area contributed by atoms with Gasteiger partial charge in [-0.2, -0.15) is 0 Å². The molecule has 2 fully saturated rings. The molecule has 0 unspecified atom stereocenters. The van der Waals surface area contributed by atoms with Crippen molar-refractivity contribution in [1.82, 2.24) is 10.0 Å². The van der Waals surface area contributed by atoms with Crippen LogP contribution in [0.1, 0.15) is 87.2 Å². The van der Waals surface area contributed by atoms with E-state index in [1.165, 1.54) is 0 Å². The SMILES string of the molecule is Cc1cc(S(=O)(=O)NC2CC2)ccc1-c1ccc(C[C@H](CC(=O)C2CCC(CNC(=O)OC(C)(C)C)CC2)C(=O)Nc2ccc3c(c2)NCC3=O)cc1. The fourth-order valence-corrected chi connectivity index (χ4v) is 8.53. The molecular formula is C41H50N4O7S. The highest BCUT2D eigenvalue weighted by Gasteiger charge is 2.32. The van der Waals surface area contributed by atoms with Gasteiger partial charge in [-0.25, -0.2) is 17.9 Å². The average molecular weight is 743 g/mol. The van der Waals surface area contributed by atoms with Crippen LogP contribution in [0, 0.1) is 24.7 Å². The van der Waals surface area contributed by atoms with Crippen LogP contribution in [0.25, 0.3) is 11.1 Å².